The second-order valence-corrected chi connectivity index (χ2v) is 3.63. The third-order valence-corrected chi connectivity index (χ3v) is 2.15. The molecule has 0 aliphatic carbocycles. The lowest BCUT2D eigenvalue weighted by Gasteiger charge is -2.22. The van der Waals surface area contributed by atoms with Gasteiger partial charge >= 0.3 is 12.5 Å². The van der Waals surface area contributed by atoms with E-state index in [4.69, 9.17) is 10.8 Å². The second-order valence-electron chi connectivity index (χ2n) is 3.63. The van der Waals surface area contributed by atoms with E-state index in [9.17, 15) is 26.3 Å². The third-order valence-electron chi connectivity index (χ3n) is 2.15. The van der Waals surface area contributed by atoms with Crippen molar-refractivity contribution in [1.82, 2.24) is 0 Å². The maximum atomic E-state index is 12.2. The van der Waals surface area contributed by atoms with Crippen molar-refractivity contribution in [3.05, 3.63) is 29.8 Å². The summed E-state index contributed by atoms with van der Waals surface area (Å²) in [5.41, 5.74) is 4.82. The Morgan fingerprint density at radius 2 is 1.68 bits per heavy atom. The zero-order valence-corrected chi connectivity index (χ0v) is 9.16. The van der Waals surface area contributed by atoms with Crippen LogP contribution in [0.5, 0.6) is 5.75 Å². The average molecular weight is 289 g/mol. The predicted molar refractivity (Wildman–Crippen MR) is 52.1 cm³/mol. The summed E-state index contributed by atoms with van der Waals surface area (Å²) in [6, 6.07) is 1.79. The highest BCUT2D eigenvalue weighted by Gasteiger charge is 2.42. The standard InChI is InChI=1S/C10H9F6NO2/c11-9(12,13)8(18)7(17)5-2-1-3-6(4-5)19-10(14,15)16/h1-4,7-8,18H,17H2/t7-,8-/m1/s1. The Labute approximate surface area is 103 Å². The van der Waals surface area contributed by atoms with E-state index in [1.165, 1.54) is 0 Å². The summed E-state index contributed by atoms with van der Waals surface area (Å²) < 4.78 is 76.0. The largest absolute Gasteiger partial charge is 0.573 e. The molecule has 0 saturated heterocycles. The maximum absolute atomic E-state index is 12.2. The normalized spacial score (nSPS) is 16.0. The Bertz CT molecular complexity index is 431. The van der Waals surface area contributed by atoms with E-state index < -0.39 is 30.4 Å². The molecule has 1 aromatic rings. The van der Waals surface area contributed by atoms with Crippen LogP contribution in [0.1, 0.15) is 11.6 Å². The lowest BCUT2D eigenvalue weighted by atomic mass is 10.0. The number of hydrogen-bond donors (Lipinski definition) is 2. The number of alkyl halides is 6. The number of rotatable bonds is 3. The van der Waals surface area contributed by atoms with Crippen molar-refractivity contribution < 1.29 is 36.2 Å². The fourth-order valence-electron chi connectivity index (χ4n) is 1.30. The number of ether oxygens (including phenoxy) is 1. The van der Waals surface area contributed by atoms with E-state index >= 15 is 0 Å². The zero-order valence-electron chi connectivity index (χ0n) is 9.16. The summed E-state index contributed by atoms with van der Waals surface area (Å²) >= 11 is 0. The van der Waals surface area contributed by atoms with Crippen molar-refractivity contribution in [2.75, 3.05) is 0 Å². The van der Waals surface area contributed by atoms with E-state index in [2.05, 4.69) is 4.74 Å². The van der Waals surface area contributed by atoms with Crippen LogP contribution in [0, 0.1) is 0 Å². The lowest BCUT2D eigenvalue weighted by molar-refractivity contribution is -0.274. The molecule has 0 heterocycles. The van der Waals surface area contributed by atoms with Crippen LogP contribution in [0.2, 0.25) is 0 Å². The zero-order chi connectivity index (χ0) is 14.8. The molecule has 0 spiro atoms. The van der Waals surface area contributed by atoms with Gasteiger partial charge in [-0.3, -0.25) is 0 Å². The first kappa shape index (κ1) is 15.6. The number of hydrogen-bond acceptors (Lipinski definition) is 3. The Morgan fingerprint density at radius 1 is 1.11 bits per heavy atom. The Morgan fingerprint density at radius 3 is 2.16 bits per heavy atom. The van der Waals surface area contributed by atoms with Gasteiger partial charge in [-0.1, -0.05) is 12.1 Å². The molecule has 0 amide bonds. The molecule has 1 aromatic carbocycles. The van der Waals surface area contributed by atoms with E-state index in [0.717, 1.165) is 18.2 Å². The minimum absolute atomic E-state index is 0.327. The molecule has 0 fully saturated rings. The van der Waals surface area contributed by atoms with Crippen LogP contribution in [0.25, 0.3) is 0 Å². The van der Waals surface area contributed by atoms with Crippen molar-refractivity contribution in [2.24, 2.45) is 5.73 Å². The average Bonchev–Trinajstić information content (AvgIpc) is 2.23. The first-order valence-corrected chi connectivity index (χ1v) is 4.87. The van der Waals surface area contributed by atoms with Gasteiger partial charge in [-0.25, -0.2) is 0 Å². The van der Waals surface area contributed by atoms with Crippen LogP contribution in [0.15, 0.2) is 24.3 Å². The molecule has 3 nitrogen and oxygen atoms in total. The highest BCUT2D eigenvalue weighted by Crippen LogP contribution is 2.31. The van der Waals surface area contributed by atoms with Gasteiger partial charge in [0.05, 0.1) is 6.04 Å². The minimum atomic E-state index is -4.97. The van der Waals surface area contributed by atoms with Gasteiger partial charge in [0.25, 0.3) is 0 Å². The van der Waals surface area contributed by atoms with E-state index in [-0.39, 0.29) is 5.56 Å². The van der Waals surface area contributed by atoms with Crippen LogP contribution in [-0.2, 0) is 0 Å². The number of aliphatic hydroxyl groups excluding tert-OH is 1. The van der Waals surface area contributed by atoms with Crippen molar-refractivity contribution in [2.45, 2.75) is 24.7 Å². The molecule has 108 valence electrons. The van der Waals surface area contributed by atoms with Crippen LogP contribution in [0.4, 0.5) is 26.3 Å². The number of halogens is 6. The summed E-state index contributed by atoms with van der Waals surface area (Å²) in [7, 11) is 0. The van der Waals surface area contributed by atoms with Crippen molar-refractivity contribution in [1.29, 1.82) is 0 Å². The molecular weight excluding hydrogens is 280 g/mol. The first-order chi connectivity index (χ1) is 8.50. The molecular formula is C10H9F6NO2. The van der Waals surface area contributed by atoms with Gasteiger partial charge in [-0.05, 0) is 17.7 Å². The van der Waals surface area contributed by atoms with Gasteiger partial charge in [0.15, 0.2) is 6.10 Å². The van der Waals surface area contributed by atoms with Crippen molar-refractivity contribution in [3.63, 3.8) is 0 Å². The van der Waals surface area contributed by atoms with Gasteiger partial charge in [0, 0.05) is 0 Å². The van der Waals surface area contributed by atoms with E-state index in [1.54, 1.807) is 0 Å². The molecule has 0 aliphatic heterocycles. The molecule has 9 heteroatoms. The highest BCUT2D eigenvalue weighted by molar-refractivity contribution is 5.31. The number of nitrogens with two attached hydrogens (primary N) is 1. The van der Waals surface area contributed by atoms with Gasteiger partial charge < -0.3 is 15.6 Å². The highest BCUT2D eigenvalue weighted by atomic mass is 19.4. The molecule has 3 N–H and O–H groups in total. The van der Waals surface area contributed by atoms with Crippen LogP contribution in [-0.4, -0.2) is 23.7 Å². The number of aliphatic hydroxyl groups is 1. The quantitative estimate of drug-likeness (QED) is 0.841. The summed E-state index contributed by atoms with van der Waals surface area (Å²) in [5.74, 6) is -0.713. The molecule has 0 bridgehead atoms. The summed E-state index contributed by atoms with van der Waals surface area (Å²) in [6.07, 6.45) is -12.8. The minimum Gasteiger partial charge on any atom is -0.406 e. The van der Waals surface area contributed by atoms with E-state index in [1.807, 2.05) is 0 Å². The Hall–Kier alpha value is -1.48. The van der Waals surface area contributed by atoms with Gasteiger partial charge in [-0.2, -0.15) is 13.2 Å². The maximum Gasteiger partial charge on any atom is 0.573 e. The Balaban J connectivity index is 2.93. The summed E-state index contributed by atoms with van der Waals surface area (Å²) in [6.45, 7) is 0. The molecule has 0 aliphatic rings. The molecule has 0 aromatic heterocycles. The SMILES string of the molecule is N[C@H](c1cccc(OC(F)(F)F)c1)[C@@H](O)C(F)(F)F. The molecule has 19 heavy (non-hydrogen) atoms. The fourth-order valence-corrected chi connectivity index (χ4v) is 1.30. The Kier molecular flexibility index (Phi) is 4.31. The monoisotopic (exact) mass is 289 g/mol. The van der Waals surface area contributed by atoms with Crippen LogP contribution >= 0.6 is 0 Å². The molecule has 0 unspecified atom stereocenters. The van der Waals surface area contributed by atoms with Crippen LogP contribution < -0.4 is 10.5 Å². The topological polar surface area (TPSA) is 55.5 Å². The van der Waals surface area contributed by atoms with Gasteiger partial charge in [0.1, 0.15) is 5.75 Å². The molecule has 0 saturated carbocycles. The van der Waals surface area contributed by atoms with E-state index in [0.29, 0.717) is 6.07 Å². The van der Waals surface area contributed by atoms with Gasteiger partial charge in [0.2, 0.25) is 0 Å². The smallest absolute Gasteiger partial charge is 0.406 e. The summed E-state index contributed by atoms with van der Waals surface area (Å²) in [4.78, 5) is 0. The third kappa shape index (κ3) is 4.60. The van der Waals surface area contributed by atoms with Crippen LogP contribution in [0.3, 0.4) is 0 Å². The lowest BCUT2D eigenvalue weighted by Crippen LogP contribution is -2.38. The van der Waals surface area contributed by atoms with Crippen molar-refractivity contribution >= 4 is 0 Å². The van der Waals surface area contributed by atoms with Crippen molar-refractivity contribution in [3.8, 4) is 5.75 Å². The fraction of sp³-hybridized carbons (Fsp3) is 0.400. The second kappa shape index (κ2) is 5.25. The predicted octanol–water partition coefficient (Wildman–Crippen LogP) is 2.51. The van der Waals surface area contributed by atoms with Gasteiger partial charge in [-0.15, -0.1) is 13.2 Å². The first-order valence-electron chi connectivity index (χ1n) is 4.87. The molecule has 2 atom stereocenters. The molecule has 0 radical (unpaired) electrons. The number of benzene rings is 1. The summed E-state index contributed by atoms with van der Waals surface area (Å²) in [5, 5.41) is 8.92. The molecule has 1 rings (SSSR count).